The van der Waals surface area contributed by atoms with Crippen LogP contribution in [-0.2, 0) is 0 Å². The van der Waals surface area contributed by atoms with Crippen LogP contribution in [0.3, 0.4) is 0 Å². The van der Waals surface area contributed by atoms with Gasteiger partial charge in [-0.25, -0.2) is 0 Å². The predicted octanol–water partition coefficient (Wildman–Crippen LogP) is 2.98. The third kappa shape index (κ3) is 1.90. The largest absolute Gasteiger partial charge is 0.294 e. The Morgan fingerprint density at radius 1 is 1.73 bits per heavy atom. The summed E-state index contributed by atoms with van der Waals surface area (Å²) < 4.78 is 0. The molecule has 1 nitrogen and oxygen atoms in total. The van der Waals surface area contributed by atoms with Crippen molar-refractivity contribution < 1.29 is 4.79 Å². The Labute approximate surface area is 71.1 Å². The Bertz CT molecular complexity index is 226. The number of ketones is 1. The van der Waals surface area contributed by atoms with Crippen molar-refractivity contribution in [2.45, 2.75) is 20.3 Å². The molecule has 1 rings (SSSR count). The molecule has 0 radical (unpaired) electrons. The summed E-state index contributed by atoms with van der Waals surface area (Å²) in [6.07, 6.45) is 0.925. The van der Waals surface area contributed by atoms with Crippen LogP contribution in [0.25, 0.3) is 0 Å². The molecule has 0 saturated heterocycles. The Morgan fingerprint density at radius 3 is 2.91 bits per heavy atom. The first-order valence-corrected chi connectivity index (χ1v) is 4.76. The number of rotatable bonds is 3. The molecule has 0 amide bonds. The molecule has 0 aromatic carbocycles. The van der Waals surface area contributed by atoms with Gasteiger partial charge in [-0.3, -0.25) is 4.79 Å². The smallest absolute Gasteiger partial charge is 0.166 e. The summed E-state index contributed by atoms with van der Waals surface area (Å²) in [4.78, 5) is 11.4. The van der Waals surface area contributed by atoms with Crippen molar-refractivity contribution >= 4 is 17.1 Å². The maximum Gasteiger partial charge on any atom is 0.166 e. The number of carbonyl (C=O) groups excluding carboxylic acids is 1. The molecule has 0 spiro atoms. The van der Waals surface area contributed by atoms with Crippen molar-refractivity contribution in [3.63, 3.8) is 0 Å². The van der Waals surface area contributed by atoms with Crippen LogP contribution in [0.2, 0.25) is 0 Å². The molecule has 0 aliphatic rings. The first-order chi connectivity index (χ1) is 5.25. The minimum absolute atomic E-state index is 0.171. The zero-order chi connectivity index (χ0) is 8.27. The summed E-state index contributed by atoms with van der Waals surface area (Å²) in [6, 6.07) is 1.89. The number of hydrogen-bond acceptors (Lipinski definition) is 2. The molecule has 11 heavy (non-hydrogen) atoms. The lowest BCUT2D eigenvalue weighted by Gasteiger charge is -2.03. The standard InChI is InChI=1S/C9H12OS/c1-3-7(2)9(10)8-4-5-11-6-8/h4-7H,3H2,1-2H3. The minimum Gasteiger partial charge on any atom is -0.294 e. The lowest BCUT2D eigenvalue weighted by molar-refractivity contribution is 0.0928. The van der Waals surface area contributed by atoms with E-state index in [2.05, 4.69) is 0 Å². The molecule has 0 saturated carbocycles. The highest BCUT2D eigenvalue weighted by Crippen LogP contribution is 2.13. The maximum absolute atomic E-state index is 11.4. The topological polar surface area (TPSA) is 17.1 Å². The fourth-order valence-corrected chi connectivity index (χ4v) is 1.52. The number of thiophene rings is 1. The fourth-order valence-electron chi connectivity index (χ4n) is 0.875. The molecule has 0 N–H and O–H groups in total. The van der Waals surface area contributed by atoms with Crippen molar-refractivity contribution in [2.24, 2.45) is 5.92 Å². The Morgan fingerprint density at radius 2 is 2.45 bits per heavy atom. The number of Topliss-reactive ketones (excluding diaryl/α,β-unsaturated/α-hetero) is 1. The average Bonchev–Trinajstić information content (AvgIpc) is 2.53. The Kier molecular flexibility index (Phi) is 2.83. The average molecular weight is 168 g/mol. The molecular weight excluding hydrogens is 156 g/mol. The normalized spacial score (nSPS) is 12.9. The highest BCUT2D eigenvalue weighted by Gasteiger charge is 2.12. The van der Waals surface area contributed by atoms with Gasteiger partial charge in [0.25, 0.3) is 0 Å². The second-order valence-electron chi connectivity index (χ2n) is 2.69. The highest BCUT2D eigenvalue weighted by molar-refractivity contribution is 7.08. The van der Waals surface area contributed by atoms with Gasteiger partial charge >= 0.3 is 0 Å². The summed E-state index contributed by atoms with van der Waals surface area (Å²) in [5.74, 6) is 0.443. The molecule has 2 heteroatoms. The number of hydrogen-bond donors (Lipinski definition) is 0. The monoisotopic (exact) mass is 168 g/mol. The van der Waals surface area contributed by atoms with Crippen molar-refractivity contribution in [3.8, 4) is 0 Å². The summed E-state index contributed by atoms with van der Waals surface area (Å²) in [5, 5.41) is 3.85. The SMILES string of the molecule is CCC(C)C(=O)c1ccsc1. The van der Waals surface area contributed by atoms with Crippen LogP contribution < -0.4 is 0 Å². The van der Waals surface area contributed by atoms with E-state index in [4.69, 9.17) is 0 Å². The summed E-state index contributed by atoms with van der Waals surface area (Å²) in [7, 11) is 0. The van der Waals surface area contributed by atoms with Crippen molar-refractivity contribution in [3.05, 3.63) is 22.4 Å². The van der Waals surface area contributed by atoms with E-state index in [0.717, 1.165) is 12.0 Å². The van der Waals surface area contributed by atoms with Crippen LogP contribution >= 0.6 is 11.3 Å². The molecule has 1 heterocycles. The molecule has 1 atom stereocenters. The second kappa shape index (κ2) is 3.67. The molecule has 0 fully saturated rings. The van der Waals surface area contributed by atoms with E-state index in [9.17, 15) is 4.79 Å². The van der Waals surface area contributed by atoms with Crippen molar-refractivity contribution in [2.75, 3.05) is 0 Å². The van der Waals surface area contributed by atoms with Gasteiger partial charge in [-0.1, -0.05) is 13.8 Å². The van der Waals surface area contributed by atoms with Gasteiger partial charge in [0.05, 0.1) is 0 Å². The van der Waals surface area contributed by atoms with Crippen LogP contribution in [0.15, 0.2) is 16.8 Å². The van der Waals surface area contributed by atoms with Gasteiger partial charge in [-0.05, 0) is 17.9 Å². The van der Waals surface area contributed by atoms with Gasteiger partial charge in [0.2, 0.25) is 0 Å². The van der Waals surface area contributed by atoms with E-state index in [1.807, 2.05) is 30.7 Å². The van der Waals surface area contributed by atoms with Gasteiger partial charge in [0.15, 0.2) is 5.78 Å². The van der Waals surface area contributed by atoms with Gasteiger partial charge < -0.3 is 0 Å². The molecule has 0 bridgehead atoms. The van der Waals surface area contributed by atoms with E-state index in [0.29, 0.717) is 0 Å². The Hall–Kier alpha value is -0.630. The van der Waals surface area contributed by atoms with Gasteiger partial charge in [-0.15, -0.1) is 0 Å². The van der Waals surface area contributed by atoms with Crippen LogP contribution in [0.4, 0.5) is 0 Å². The lowest BCUT2D eigenvalue weighted by atomic mass is 10.00. The third-order valence-electron chi connectivity index (χ3n) is 1.87. The molecule has 1 aromatic heterocycles. The van der Waals surface area contributed by atoms with E-state index in [1.54, 1.807) is 11.3 Å². The molecule has 60 valence electrons. The molecular formula is C9H12OS. The van der Waals surface area contributed by atoms with Crippen LogP contribution in [-0.4, -0.2) is 5.78 Å². The zero-order valence-corrected chi connectivity index (χ0v) is 7.65. The van der Waals surface area contributed by atoms with Gasteiger partial charge in [0.1, 0.15) is 0 Å². The van der Waals surface area contributed by atoms with E-state index < -0.39 is 0 Å². The number of carbonyl (C=O) groups is 1. The van der Waals surface area contributed by atoms with Crippen molar-refractivity contribution in [1.82, 2.24) is 0 Å². The van der Waals surface area contributed by atoms with Gasteiger partial charge in [-0.2, -0.15) is 11.3 Å². The third-order valence-corrected chi connectivity index (χ3v) is 2.55. The first-order valence-electron chi connectivity index (χ1n) is 3.82. The summed E-state index contributed by atoms with van der Waals surface area (Å²) >= 11 is 1.57. The lowest BCUT2D eigenvalue weighted by Crippen LogP contribution is -2.08. The highest BCUT2D eigenvalue weighted by atomic mass is 32.1. The van der Waals surface area contributed by atoms with E-state index in [1.165, 1.54) is 0 Å². The van der Waals surface area contributed by atoms with Crippen LogP contribution in [0.5, 0.6) is 0 Å². The summed E-state index contributed by atoms with van der Waals surface area (Å²) in [6.45, 7) is 4.01. The van der Waals surface area contributed by atoms with E-state index >= 15 is 0 Å². The van der Waals surface area contributed by atoms with Crippen LogP contribution in [0.1, 0.15) is 30.6 Å². The molecule has 0 aliphatic heterocycles. The Balaban J connectivity index is 2.70. The second-order valence-corrected chi connectivity index (χ2v) is 3.47. The van der Waals surface area contributed by atoms with Gasteiger partial charge in [0, 0.05) is 16.9 Å². The predicted molar refractivity (Wildman–Crippen MR) is 48.1 cm³/mol. The summed E-state index contributed by atoms with van der Waals surface area (Å²) in [5.41, 5.74) is 0.865. The zero-order valence-electron chi connectivity index (χ0n) is 6.83. The molecule has 1 unspecified atom stereocenters. The quantitative estimate of drug-likeness (QED) is 0.634. The minimum atomic E-state index is 0.171. The maximum atomic E-state index is 11.4. The fraction of sp³-hybridized carbons (Fsp3) is 0.444. The van der Waals surface area contributed by atoms with Crippen molar-refractivity contribution in [1.29, 1.82) is 0 Å². The van der Waals surface area contributed by atoms with Crippen LogP contribution in [0, 0.1) is 5.92 Å². The van der Waals surface area contributed by atoms with E-state index in [-0.39, 0.29) is 11.7 Å². The molecule has 1 aromatic rings. The first kappa shape index (κ1) is 8.47. The molecule has 0 aliphatic carbocycles.